The van der Waals surface area contributed by atoms with Crippen LogP contribution >= 0.6 is 0 Å². The third-order valence-electron chi connectivity index (χ3n) is 8.36. The van der Waals surface area contributed by atoms with Gasteiger partial charge in [0.2, 0.25) is 5.78 Å². The molecule has 5 rings (SSSR count). The van der Waals surface area contributed by atoms with E-state index in [4.69, 9.17) is 11.5 Å². The van der Waals surface area contributed by atoms with Crippen LogP contribution in [0.4, 0.5) is 5.69 Å². The fraction of sp³-hybridized carbons (Fsp3) is 0.480. The Hall–Kier alpha value is -3.41. The van der Waals surface area contributed by atoms with Crippen molar-refractivity contribution in [1.29, 1.82) is 0 Å². The van der Waals surface area contributed by atoms with Crippen LogP contribution in [0.25, 0.3) is 0 Å². The topological polar surface area (TPSA) is 191 Å². The average Bonchev–Trinajstić information content (AvgIpc) is 2.79. The Morgan fingerprint density at radius 2 is 1.89 bits per heavy atom. The molecule has 0 saturated carbocycles. The number of benzene rings is 1. The minimum absolute atomic E-state index is 0.0147. The van der Waals surface area contributed by atoms with Crippen LogP contribution in [0, 0.1) is 11.8 Å². The molecule has 1 amide bonds. The first-order valence-corrected chi connectivity index (χ1v) is 11.8. The summed E-state index contributed by atoms with van der Waals surface area (Å²) < 4.78 is 0. The van der Waals surface area contributed by atoms with E-state index in [1.807, 2.05) is 26.0 Å². The molecule has 0 aromatic heterocycles. The number of fused-ring (bicyclic) bond motifs is 5. The van der Waals surface area contributed by atoms with Gasteiger partial charge >= 0.3 is 0 Å². The molecule has 0 fully saturated rings. The highest BCUT2D eigenvalue weighted by Crippen LogP contribution is 2.53. The van der Waals surface area contributed by atoms with E-state index < -0.39 is 58.0 Å². The number of Topliss-reactive ketones (excluding diaryl/α,β-unsaturated/α-hetero) is 2. The first kappa shape index (κ1) is 24.3. The normalized spacial score (nSPS) is 31.8. The van der Waals surface area contributed by atoms with Crippen LogP contribution < -0.4 is 16.4 Å². The quantitative estimate of drug-likeness (QED) is 0.302. The molecule has 0 bridgehead atoms. The van der Waals surface area contributed by atoms with Gasteiger partial charge in [0.05, 0.1) is 11.6 Å². The second-order valence-corrected chi connectivity index (χ2v) is 10.5. The van der Waals surface area contributed by atoms with Crippen molar-refractivity contribution in [3.05, 3.63) is 45.4 Å². The van der Waals surface area contributed by atoms with E-state index >= 15 is 0 Å². The molecule has 11 nitrogen and oxygen atoms in total. The molecule has 1 aromatic carbocycles. The summed E-state index contributed by atoms with van der Waals surface area (Å²) in [6.07, 6.45) is 1.05. The van der Waals surface area contributed by atoms with Crippen molar-refractivity contribution in [3.8, 4) is 5.75 Å². The number of aliphatic hydroxyl groups is 3. The predicted molar refractivity (Wildman–Crippen MR) is 128 cm³/mol. The van der Waals surface area contributed by atoms with Gasteiger partial charge in [-0.1, -0.05) is 0 Å². The van der Waals surface area contributed by atoms with Crippen LogP contribution in [0.3, 0.4) is 0 Å². The first-order chi connectivity index (χ1) is 16.8. The Balaban J connectivity index is 1.71. The van der Waals surface area contributed by atoms with Crippen LogP contribution in [-0.2, 0) is 16.0 Å². The van der Waals surface area contributed by atoms with Crippen molar-refractivity contribution in [2.45, 2.75) is 36.9 Å². The van der Waals surface area contributed by atoms with Crippen molar-refractivity contribution < 1.29 is 34.8 Å². The molecule has 1 heterocycles. The van der Waals surface area contributed by atoms with Crippen molar-refractivity contribution >= 4 is 23.2 Å². The molecule has 8 N–H and O–H groups in total. The van der Waals surface area contributed by atoms with Gasteiger partial charge in [-0.2, -0.15) is 0 Å². The summed E-state index contributed by atoms with van der Waals surface area (Å²) in [5.74, 6) is -7.05. The molecular weight excluding hydrogens is 468 g/mol. The number of nitrogens with two attached hydrogens (primary N) is 2. The molecule has 5 atom stereocenters. The standard InChI is InChI=1S/C25H30N4O7/c1-28(2)13-4-5-29(3)19-10(13)8-14(30)16-11(19)6-9-7-12-18(26)21(32)17(24(27)35)23(34)25(12,36)22(33)15(9)20(16)31/h8-9,12-13,18,30,32-33,36H,4-7,26H2,1-3H3,(H2,27,35)/t9-,12?,13?,18?,25-/m0/s1. The summed E-state index contributed by atoms with van der Waals surface area (Å²) in [5, 5.41) is 44.0. The molecule has 11 heteroatoms. The van der Waals surface area contributed by atoms with Gasteiger partial charge < -0.3 is 41.7 Å². The molecular formula is C25H30N4O7. The summed E-state index contributed by atoms with van der Waals surface area (Å²) in [5.41, 5.74) is 9.93. The number of carbonyl (C=O) groups is 3. The molecule has 3 aliphatic carbocycles. The minimum Gasteiger partial charge on any atom is -0.510 e. The van der Waals surface area contributed by atoms with E-state index in [1.54, 1.807) is 6.07 Å². The van der Waals surface area contributed by atoms with Crippen LogP contribution in [0.15, 0.2) is 28.7 Å². The lowest BCUT2D eigenvalue weighted by Gasteiger charge is -2.48. The van der Waals surface area contributed by atoms with Gasteiger partial charge in [0, 0.05) is 36.8 Å². The maximum atomic E-state index is 13.8. The Labute approximate surface area is 207 Å². The fourth-order valence-corrected chi connectivity index (χ4v) is 6.62. The van der Waals surface area contributed by atoms with Crippen LogP contribution in [0.2, 0.25) is 0 Å². The van der Waals surface area contributed by atoms with Crippen molar-refractivity contribution in [1.82, 2.24) is 4.90 Å². The van der Waals surface area contributed by atoms with Gasteiger partial charge in [0.25, 0.3) is 5.91 Å². The first-order valence-electron chi connectivity index (χ1n) is 11.8. The number of allylic oxidation sites excluding steroid dienone is 1. The van der Waals surface area contributed by atoms with Crippen molar-refractivity contribution in [3.63, 3.8) is 0 Å². The zero-order valence-corrected chi connectivity index (χ0v) is 20.3. The van der Waals surface area contributed by atoms with Crippen molar-refractivity contribution in [2.75, 3.05) is 32.6 Å². The molecule has 1 aliphatic heterocycles. The van der Waals surface area contributed by atoms with Crippen LogP contribution in [-0.4, -0.2) is 82.1 Å². The summed E-state index contributed by atoms with van der Waals surface area (Å²) in [7, 11) is 5.81. The Kier molecular flexibility index (Phi) is 5.26. The van der Waals surface area contributed by atoms with E-state index in [1.165, 1.54) is 0 Å². The average molecular weight is 499 g/mol. The SMILES string of the molecule is CN1CCC(N(C)C)c2cc(O)c3c(c21)C[C@H]1CC2C(N)C(O)=C(C(N)=O)C(=O)[C@@]2(O)C(O)=C1C3=O. The zero-order chi connectivity index (χ0) is 26.4. The number of primary amides is 1. The number of anilines is 1. The number of aromatic hydroxyl groups is 1. The molecule has 4 aliphatic rings. The maximum Gasteiger partial charge on any atom is 0.255 e. The van der Waals surface area contributed by atoms with Gasteiger partial charge in [0.1, 0.15) is 22.8 Å². The van der Waals surface area contributed by atoms with Gasteiger partial charge in [0.15, 0.2) is 11.4 Å². The third kappa shape index (κ3) is 2.93. The molecule has 0 spiro atoms. The second kappa shape index (κ2) is 7.79. The Morgan fingerprint density at radius 3 is 2.50 bits per heavy atom. The summed E-state index contributed by atoms with van der Waals surface area (Å²) in [6, 6.07) is 0.232. The molecule has 36 heavy (non-hydrogen) atoms. The summed E-state index contributed by atoms with van der Waals surface area (Å²) in [4.78, 5) is 42.8. The lowest BCUT2D eigenvalue weighted by molar-refractivity contribution is -0.145. The number of nitrogens with zero attached hydrogens (tertiary/aromatic N) is 2. The maximum absolute atomic E-state index is 13.8. The highest BCUT2D eigenvalue weighted by molar-refractivity contribution is 6.24. The minimum atomic E-state index is -2.70. The van der Waals surface area contributed by atoms with Gasteiger partial charge in [-0.25, -0.2) is 0 Å². The largest absolute Gasteiger partial charge is 0.510 e. The molecule has 1 aromatic rings. The van der Waals surface area contributed by atoms with E-state index in [0.717, 1.165) is 24.2 Å². The van der Waals surface area contributed by atoms with Crippen molar-refractivity contribution in [2.24, 2.45) is 23.3 Å². The Bertz CT molecular complexity index is 1300. The molecule has 0 radical (unpaired) electrons. The van der Waals surface area contributed by atoms with E-state index in [-0.39, 0.29) is 35.8 Å². The number of aliphatic hydroxyl groups excluding tert-OH is 2. The third-order valence-corrected chi connectivity index (χ3v) is 8.36. The van der Waals surface area contributed by atoms with E-state index in [9.17, 15) is 34.8 Å². The number of amides is 1. The number of ketones is 2. The molecule has 192 valence electrons. The van der Waals surface area contributed by atoms with E-state index in [0.29, 0.717) is 5.56 Å². The summed E-state index contributed by atoms with van der Waals surface area (Å²) in [6.45, 7) is 0.732. The Morgan fingerprint density at radius 1 is 1.22 bits per heavy atom. The number of carbonyl (C=O) groups excluding carboxylic acids is 3. The van der Waals surface area contributed by atoms with Gasteiger partial charge in [-0.3, -0.25) is 14.4 Å². The zero-order valence-electron chi connectivity index (χ0n) is 20.3. The van der Waals surface area contributed by atoms with Crippen LogP contribution in [0.5, 0.6) is 5.75 Å². The number of phenolic OH excluding ortho intramolecular Hbond substituents is 1. The lowest BCUT2D eigenvalue weighted by Crippen LogP contribution is -2.63. The smallest absolute Gasteiger partial charge is 0.255 e. The monoisotopic (exact) mass is 498 g/mol. The second-order valence-electron chi connectivity index (χ2n) is 10.5. The predicted octanol–water partition coefficient (Wildman–Crippen LogP) is -0.0397. The van der Waals surface area contributed by atoms with Gasteiger partial charge in [-0.05, 0) is 56.5 Å². The van der Waals surface area contributed by atoms with Crippen LogP contribution in [0.1, 0.15) is 40.4 Å². The molecule has 0 saturated heterocycles. The number of hydrogen-bond acceptors (Lipinski definition) is 10. The molecule has 3 unspecified atom stereocenters. The fourth-order valence-electron chi connectivity index (χ4n) is 6.62. The van der Waals surface area contributed by atoms with Gasteiger partial charge in [-0.15, -0.1) is 0 Å². The summed E-state index contributed by atoms with van der Waals surface area (Å²) >= 11 is 0. The number of hydrogen-bond donors (Lipinski definition) is 6. The highest BCUT2D eigenvalue weighted by Gasteiger charge is 2.62. The highest BCUT2D eigenvalue weighted by atomic mass is 16.3. The number of rotatable bonds is 2. The lowest BCUT2D eigenvalue weighted by atomic mass is 9.58. The van der Waals surface area contributed by atoms with E-state index in [2.05, 4.69) is 4.90 Å². The number of phenols is 1.